The third-order valence-corrected chi connectivity index (χ3v) is 8.95. The van der Waals surface area contributed by atoms with Gasteiger partial charge in [0.25, 0.3) is 0 Å². The van der Waals surface area contributed by atoms with Crippen LogP contribution in [0.1, 0.15) is 67.4 Å². The minimum Gasteiger partial charge on any atom is -0.497 e. The number of fused-ring (bicyclic) bond motifs is 9. The molecule has 1 aliphatic carbocycles. The average Bonchev–Trinajstić information content (AvgIpc) is 2.95. The molecule has 3 atom stereocenters. The van der Waals surface area contributed by atoms with E-state index in [1.807, 2.05) is 30.3 Å². The lowest BCUT2D eigenvalue weighted by molar-refractivity contribution is -0.0115. The van der Waals surface area contributed by atoms with Crippen molar-refractivity contribution < 1.29 is 14.3 Å². The molecule has 39 heavy (non-hydrogen) atoms. The Kier molecular flexibility index (Phi) is 5.41. The highest BCUT2D eigenvalue weighted by atomic mass is 16.5. The van der Waals surface area contributed by atoms with Crippen molar-refractivity contribution >= 4 is 38.6 Å². The van der Waals surface area contributed by atoms with Gasteiger partial charge in [-0.1, -0.05) is 37.6 Å². The third-order valence-electron chi connectivity index (χ3n) is 8.95. The molecule has 0 saturated heterocycles. The molecule has 1 saturated carbocycles. The molecule has 3 unspecified atom stereocenters. The van der Waals surface area contributed by atoms with Crippen molar-refractivity contribution in [2.45, 2.75) is 51.6 Å². The van der Waals surface area contributed by atoms with Crippen molar-refractivity contribution in [3.05, 3.63) is 83.4 Å². The molecule has 4 aromatic carbocycles. The zero-order valence-corrected chi connectivity index (χ0v) is 22.8. The van der Waals surface area contributed by atoms with Crippen LogP contribution in [-0.2, 0) is 0 Å². The van der Waals surface area contributed by atoms with Crippen LogP contribution in [0.2, 0.25) is 0 Å². The number of hydrogen-bond acceptors (Lipinski definition) is 5. The highest BCUT2D eigenvalue weighted by molar-refractivity contribution is 6.13. The molecule has 2 aliphatic rings. The number of ketones is 1. The lowest BCUT2D eigenvalue weighted by Gasteiger charge is -2.49. The van der Waals surface area contributed by atoms with E-state index in [9.17, 15) is 4.79 Å². The summed E-state index contributed by atoms with van der Waals surface area (Å²) < 4.78 is 12.1. The Labute approximate surface area is 228 Å². The van der Waals surface area contributed by atoms with Gasteiger partial charge in [-0.2, -0.15) is 0 Å². The molecule has 5 heteroatoms. The lowest BCUT2D eigenvalue weighted by Crippen LogP contribution is -2.46. The largest absolute Gasteiger partial charge is 0.497 e. The molecule has 1 aromatic heterocycles. The van der Waals surface area contributed by atoms with Gasteiger partial charge >= 0.3 is 0 Å². The summed E-state index contributed by atoms with van der Waals surface area (Å²) in [6.45, 7) is 6.84. The van der Waals surface area contributed by atoms with Crippen molar-refractivity contribution in [1.82, 2.24) is 9.97 Å². The normalized spacial score (nSPS) is 21.8. The first-order valence-corrected chi connectivity index (χ1v) is 13.9. The highest BCUT2D eigenvalue weighted by Gasteiger charge is 2.47. The summed E-state index contributed by atoms with van der Waals surface area (Å²) in [5.74, 6) is 3.06. The van der Waals surface area contributed by atoms with Crippen molar-refractivity contribution in [2.75, 3.05) is 7.11 Å². The van der Waals surface area contributed by atoms with Crippen molar-refractivity contribution in [2.24, 2.45) is 11.8 Å². The highest BCUT2D eigenvalue weighted by Crippen LogP contribution is 2.56. The number of methoxy groups -OCH3 is 1. The Morgan fingerprint density at radius 3 is 2.38 bits per heavy atom. The Bertz CT molecular complexity index is 1770. The van der Waals surface area contributed by atoms with E-state index in [1.165, 1.54) is 12.0 Å². The number of rotatable bonds is 3. The van der Waals surface area contributed by atoms with Gasteiger partial charge in [-0.25, -0.2) is 9.97 Å². The van der Waals surface area contributed by atoms with Crippen molar-refractivity contribution in [3.8, 4) is 11.5 Å². The second-order valence-electron chi connectivity index (χ2n) is 11.8. The maximum absolute atomic E-state index is 13.3. The van der Waals surface area contributed by atoms with Gasteiger partial charge in [0.05, 0.1) is 29.2 Å². The SMILES string of the molecule is COc1ccc(C(=O)c2ccc3nc4c(nc3c2)c2c(c3ccccc34)OC(C)(C)C3CCC(C)CC23)cc1. The van der Waals surface area contributed by atoms with E-state index < -0.39 is 0 Å². The fourth-order valence-electron chi connectivity index (χ4n) is 6.95. The predicted octanol–water partition coefficient (Wildman–Crippen LogP) is 7.87. The van der Waals surface area contributed by atoms with E-state index in [0.29, 0.717) is 28.9 Å². The smallest absolute Gasteiger partial charge is 0.193 e. The summed E-state index contributed by atoms with van der Waals surface area (Å²) in [5, 5.41) is 2.15. The van der Waals surface area contributed by atoms with Crippen LogP contribution in [0.3, 0.4) is 0 Å². The molecule has 0 bridgehead atoms. The number of carbonyl (C=O) groups is 1. The fraction of sp³-hybridized carbons (Fsp3) is 0.324. The fourth-order valence-corrected chi connectivity index (χ4v) is 6.95. The second-order valence-corrected chi connectivity index (χ2v) is 11.8. The van der Waals surface area contributed by atoms with Gasteiger partial charge < -0.3 is 9.47 Å². The van der Waals surface area contributed by atoms with Crippen LogP contribution in [0, 0.1) is 11.8 Å². The first-order valence-electron chi connectivity index (χ1n) is 13.9. The Hall–Kier alpha value is -3.99. The van der Waals surface area contributed by atoms with Gasteiger partial charge in [0.1, 0.15) is 17.1 Å². The van der Waals surface area contributed by atoms with E-state index in [-0.39, 0.29) is 11.4 Å². The van der Waals surface area contributed by atoms with E-state index in [2.05, 4.69) is 45.0 Å². The minimum atomic E-state index is -0.253. The molecule has 5 nitrogen and oxygen atoms in total. The molecular formula is C34H32N2O3. The average molecular weight is 517 g/mol. The van der Waals surface area contributed by atoms with E-state index in [0.717, 1.165) is 57.2 Å². The summed E-state index contributed by atoms with van der Waals surface area (Å²) >= 11 is 0. The monoisotopic (exact) mass is 516 g/mol. The van der Waals surface area contributed by atoms with Gasteiger partial charge in [-0.15, -0.1) is 0 Å². The molecule has 0 radical (unpaired) electrons. The van der Waals surface area contributed by atoms with Gasteiger partial charge in [-0.3, -0.25) is 4.79 Å². The molecule has 1 fully saturated rings. The minimum absolute atomic E-state index is 0.0479. The van der Waals surface area contributed by atoms with Crippen LogP contribution >= 0.6 is 0 Å². The molecule has 196 valence electrons. The summed E-state index contributed by atoms with van der Waals surface area (Å²) in [7, 11) is 1.62. The molecule has 0 N–H and O–H groups in total. The van der Waals surface area contributed by atoms with E-state index in [1.54, 1.807) is 19.2 Å². The van der Waals surface area contributed by atoms with Gasteiger partial charge in [0, 0.05) is 33.4 Å². The van der Waals surface area contributed by atoms with E-state index >= 15 is 0 Å². The summed E-state index contributed by atoms with van der Waals surface area (Å²) in [5.41, 5.74) is 5.47. The van der Waals surface area contributed by atoms with E-state index in [4.69, 9.17) is 19.4 Å². The number of hydrogen-bond donors (Lipinski definition) is 0. The van der Waals surface area contributed by atoms with Crippen molar-refractivity contribution in [1.29, 1.82) is 0 Å². The van der Waals surface area contributed by atoms with Gasteiger partial charge in [-0.05, 0) is 81.0 Å². The number of ether oxygens (including phenoxy) is 2. The number of carbonyl (C=O) groups excluding carboxylic acids is 1. The third kappa shape index (κ3) is 3.78. The van der Waals surface area contributed by atoms with Crippen LogP contribution in [0.15, 0.2) is 66.7 Å². The molecule has 0 spiro atoms. The van der Waals surface area contributed by atoms with Crippen LogP contribution < -0.4 is 9.47 Å². The Morgan fingerprint density at radius 1 is 0.897 bits per heavy atom. The Morgan fingerprint density at radius 2 is 1.62 bits per heavy atom. The number of aromatic nitrogens is 2. The number of nitrogens with zero attached hydrogens (tertiary/aromatic N) is 2. The maximum Gasteiger partial charge on any atom is 0.193 e. The topological polar surface area (TPSA) is 61.3 Å². The first-order chi connectivity index (χ1) is 18.8. The predicted molar refractivity (Wildman–Crippen MR) is 155 cm³/mol. The zero-order chi connectivity index (χ0) is 26.9. The summed E-state index contributed by atoms with van der Waals surface area (Å²) in [4.78, 5) is 23.8. The van der Waals surface area contributed by atoms with Crippen LogP contribution in [-0.4, -0.2) is 28.5 Å². The number of benzene rings is 4. The van der Waals surface area contributed by atoms with Crippen LogP contribution in [0.25, 0.3) is 32.8 Å². The quantitative estimate of drug-likeness (QED) is 0.139. The van der Waals surface area contributed by atoms with Crippen molar-refractivity contribution in [3.63, 3.8) is 0 Å². The molecular weight excluding hydrogens is 484 g/mol. The van der Waals surface area contributed by atoms with Gasteiger partial charge in [0.2, 0.25) is 0 Å². The maximum atomic E-state index is 13.3. The zero-order valence-electron chi connectivity index (χ0n) is 22.8. The summed E-state index contributed by atoms with van der Waals surface area (Å²) in [6, 6.07) is 21.2. The first kappa shape index (κ1) is 24.1. The standard InChI is InChI=1S/C34H32N2O3/c1-19-9-15-26-25(17-19)29-31-30(23-7-5-6-8-24(23)33(29)39-34(26,2)3)35-27-16-12-21(18-28(27)36-31)32(37)20-10-13-22(38-4)14-11-20/h5-8,10-14,16,18-19,25-26H,9,15,17H2,1-4H3. The molecule has 2 heterocycles. The second kappa shape index (κ2) is 8.77. The molecule has 1 aliphatic heterocycles. The summed E-state index contributed by atoms with van der Waals surface area (Å²) in [6.07, 6.45) is 3.49. The molecule has 0 amide bonds. The lowest BCUT2D eigenvalue weighted by atomic mass is 9.64. The van der Waals surface area contributed by atoms with Gasteiger partial charge in [0.15, 0.2) is 5.78 Å². The van der Waals surface area contributed by atoms with Crippen LogP contribution in [0.5, 0.6) is 11.5 Å². The van der Waals surface area contributed by atoms with Crippen LogP contribution in [0.4, 0.5) is 0 Å². The Balaban J connectivity index is 1.46. The molecule has 7 rings (SSSR count). The molecule has 5 aromatic rings.